The predicted molar refractivity (Wildman–Crippen MR) is 91.8 cm³/mol. The van der Waals surface area contributed by atoms with Crippen LogP contribution in [0.3, 0.4) is 0 Å². The Morgan fingerprint density at radius 2 is 1.88 bits per heavy atom. The van der Waals surface area contributed by atoms with Crippen molar-refractivity contribution in [2.24, 2.45) is 0 Å². The van der Waals surface area contributed by atoms with Crippen molar-refractivity contribution in [1.82, 2.24) is 4.57 Å². The number of Topliss-reactive ketones (excluding diaryl/α,β-unsaturated/α-hetero) is 1. The number of ether oxygens (including phenoxy) is 2. The summed E-state index contributed by atoms with van der Waals surface area (Å²) in [4.78, 5) is 37.4. The number of hydrogen-bond donors (Lipinski definition) is 0. The molecule has 1 heterocycles. The zero-order valence-electron chi connectivity index (χ0n) is 14.2. The maximum Gasteiger partial charge on any atom is 0.343 e. The number of hydrogen-bond acceptors (Lipinski definition) is 5. The molecule has 0 fully saturated rings. The molecule has 130 valence electrons. The fraction of sp³-hybridized carbons (Fsp3) is 0.316. The molecule has 0 saturated heterocycles. The van der Waals surface area contributed by atoms with Gasteiger partial charge in [-0.2, -0.15) is 0 Å². The van der Waals surface area contributed by atoms with E-state index in [1.807, 2.05) is 0 Å². The van der Waals surface area contributed by atoms with E-state index >= 15 is 0 Å². The molecular weight excluding hydrogens is 322 g/mol. The molecule has 1 aliphatic rings. The second-order valence-electron chi connectivity index (χ2n) is 5.75. The van der Waals surface area contributed by atoms with Gasteiger partial charge in [0.2, 0.25) is 0 Å². The molecule has 6 heteroatoms. The first-order chi connectivity index (χ1) is 12.1. The Labute approximate surface area is 145 Å². The number of esters is 1. The maximum absolute atomic E-state index is 12.9. The summed E-state index contributed by atoms with van der Waals surface area (Å²) in [6, 6.07) is 8.31. The van der Waals surface area contributed by atoms with E-state index < -0.39 is 11.5 Å². The molecule has 2 aromatic rings. The number of aromatic nitrogens is 1. The summed E-state index contributed by atoms with van der Waals surface area (Å²) in [6.45, 7) is 1.83. The van der Waals surface area contributed by atoms with E-state index in [0.717, 1.165) is 0 Å². The van der Waals surface area contributed by atoms with Crippen molar-refractivity contribution in [3.8, 4) is 11.4 Å². The first-order valence-electron chi connectivity index (χ1n) is 8.20. The molecule has 0 aliphatic heterocycles. The second kappa shape index (κ2) is 6.93. The van der Waals surface area contributed by atoms with Crippen LogP contribution in [0.1, 0.15) is 46.2 Å². The van der Waals surface area contributed by atoms with Gasteiger partial charge in [-0.05, 0) is 50.1 Å². The average molecular weight is 341 g/mol. The van der Waals surface area contributed by atoms with Crippen LogP contribution in [-0.4, -0.2) is 30.0 Å². The molecule has 25 heavy (non-hydrogen) atoms. The molecule has 1 aromatic carbocycles. The largest absolute Gasteiger partial charge is 0.497 e. The molecule has 1 aliphatic carbocycles. The molecule has 1 aromatic heterocycles. The van der Waals surface area contributed by atoms with Gasteiger partial charge in [0, 0.05) is 23.4 Å². The van der Waals surface area contributed by atoms with E-state index in [1.54, 1.807) is 38.3 Å². The van der Waals surface area contributed by atoms with Gasteiger partial charge in [0.25, 0.3) is 5.56 Å². The van der Waals surface area contributed by atoms with E-state index in [9.17, 15) is 14.4 Å². The molecule has 6 nitrogen and oxygen atoms in total. The van der Waals surface area contributed by atoms with Crippen LogP contribution >= 0.6 is 0 Å². The van der Waals surface area contributed by atoms with Crippen molar-refractivity contribution in [3.05, 3.63) is 57.5 Å². The van der Waals surface area contributed by atoms with Crippen molar-refractivity contribution < 1.29 is 19.1 Å². The Kier molecular flexibility index (Phi) is 4.70. The van der Waals surface area contributed by atoms with Crippen LogP contribution in [0.25, 0.3) is 5.69 Å². The lowest BCUT2D eigenvalue weighted by Gasteiger charge is -2.21. The molecular formula is C19H19NO5. The van der Waals surface area contributed by atoms with E-state index in [4.69, 9.17) is 9.47 Å². The summed E-state index contributed by atoms with van der Waals surface area (Å²) in [6.07, 6.45) is 1.70. The van der Waals surface area contributed by atoms with Crippen LogP contribution < -0.4 is 10.3 Å². The van der Waals surface area contributed by atoms with Crippen LogP contribution in [0.15, 0.2) is 35.1 Å². The zero-order chi connectivity index (χ0) is 18.0. The van der Waals surface area contributed by atoms with Crippen molar-refractivity contribution in [3.63, 3.8) is 0 Å². The normalized spacial score (nSPS) is 13.3. The summed E-state index contributed by atoms with van der Waals surface area (Å²) >= 11 is 0. The number of rotatable bonds is 4. The smallest absolute Gasteiger partial charge is 0.343 e. The third kappa shape index (κ3) is 3.07. The SMILES string of the molecule is CCOC(=O)c1cc2c(n(-c3ccc(OC)cc3)c1=O)CCCC2=O. The highest BCUT2D eigenvalue weighted by molar-refractivity contribution is 6.00. The number of methoxy groups -OCH3 is 1. The first-order valence-corrected chi connectivity index (χ1v) is 8.20. The highest BCUT2D eigenvalue weighted by atomic mass is 16.5. The van der Waals surface area contributed by atoms with Gasteiger partial charge in [0.15, 0.2) is 5.78 Å². The fourth-order valence-electron chi connectivity index (χ4n) is 3.05. The number of pyridine rings is 1. The van der Waals surface area contributed by atoms with Crippen LogP contribution in [0.4, 0.5) is 0 Å². The molecule has 0 atom stereocenters. The number of fused-ring (bicyclic) bond motifs is 1. The quantitative estimate of drug-likeness (QED) is 0.799. The molecule has 3 rings (SSSR count). The van der Waals surface area contributed by atoms with Crippen molar-refractivity contribution in [2.45, 2.75) is 26.2 Å². The number of carbonyl (C=O) groups excluding carboxylic acids is 2. The third-order valence-corrected chi connectivity index (χ3v) is 4.25. The van der Waals surface area contributed by atoms with Crippen LogP contribution in [0, 0.1) is 0 Å². The average Bonchev–Trinajstić information content (AvgIpc) is 2.62. The van der Waals surface area contributed by atoms with E-state index in [0.29, 0.717) is 42.0 Å². The van der Waals surface area contributed by atoms with Gasteiger partial charge in [0.1, 0.15) is 11.3 Å². The Bertz CT molecular complexity index is 880. The van der Waals surface area contributed by atoms with Crippen LogP contribution in [0.2, 0.25) is 0 Å². The Hall–Kier alpha value is -2.89. The van der Waals surface area contributed by atoms with Crippen molar-refractivity contribution in [1.29, 1.82) is 0 Å². The molecule has 0 radical (unpaired) electrons. The minimum Gasteiger partial charge on any atom is -0.497 e. The highest BCUT2D eigenvalue weighted by Gasteiger charge is 2.26. The number of benzene rings is 1. The van der Waals surface area contributed by atoms with Crippen molar-refractivity contribution >= 4 is 11.8 Å². The molecule has 0 bridgehead atoms. The fourth-order valence-corrected chi connectivity index (χ4v) is 3.05. The standard InChI is InChI=1S/C19H19NO5/c1-3-25-19(23)15-11-14-16(5-4-6-17(14)21)20(18(15)22)12-7-9-13(24-2)10-8-12/h7-11H,3-6H2,1-2H3. The van der Waals surface area contributed by atoms with Gasteiger partial charge in [-0.15, -0.1) is 0 Å². The topological polar surface area (TPSA) is 74.6 Å². The zero-order valence-corrected chi connectivity index (χ0v) is 14.2. The number of nitrogens with zero attached hydrogens (tertiary/aromatic N) is 1. The van der Waals surface area contributed by atoms with E-state index in [1.165, 1.54) is 10.6 Å². The third-order valence-electron chi connectivity index (χ3n) is 4.25. The Morgan fingerprint density at radius 3 is 2.52 bits per heavy atom. The minimum absolute atomic E-state index is 0.0611. The molecule has 0 amide bonds. The van der Waals surface area contributed by atoms with Gasteiger partial charge in [-0.25, -0.2) is 4.79 Å². The highest BCUT2D eigenvalue weighted by Crippen LogP contribution is 2.24. The van der Waals surface area contributed by atoms with Gasteiger partial charge < -0.3 is 9.47 Å². The molecule has 0 saturated carbocycles. The Morgan fingerprint density at radius 1 is 1.16 bits per heavy atom. The molecule has 0 N–H and O–H groups in total. The maximum atomic E-state index is 12.9. The lowest BCUT2D eigenvalue weighted by Crippen LogP contribution is -2.32. The van der Waals surface area contributed by atoms with E-state index in [2.05, 4.69) is 0 Å². The summed E-state index contributed by atoms with van der Waals surface area (Å²) < 4.78 is 11.6. The van der Waals surface area contributed by atoms with Gasteiger partial charge in [-0.1, -0.05) is 0 Å². The van der Waals surface area contributed by atoms with Gasteiger partial charge >= 0.3 is 5.97 Å². The minimum atomic E-state index is -0.712. The van der Waals surface area contributed by atoms with Gasteiger partial charge in [-0.3, -0.25) is 14.2 Å². The summed E-state index contributed by atoms with van der Waals surface area (Å²) in [5.41, 5.74) is 1.05. The lowest BCUT2D eigenvalue weighted by atomic mass is 9.93. The van der Waals surface area contributed by atoms with E-state index in [-0.39, 0.29) is 18.0 Å². The summed E-state index contributed by atoms with van der Waals surface area (Å²) in [5, 5.41) is 0. The summed E-state index contributed by atoms with van der Waals surface area (Å²) in [5.74, 6) is -0.117. The van der Waals surface area contributed by atoms with Gasteiger partial charge in [0.05, 0.1) is 13.7 Å². The lowest BCUT2D eigenvalue weighted by molar-refractivity contribution is 0.0524. The Balaban J connectivity index is 2.25. The molecule has 0 spiro atoms. The predicted octanol–water partition coefficient (Wildman–Crippen LogP) is 2.54. The van der Waals surface area contributed by atoms with Crippen LogP contribution in [-0.2, 0) is 11.2 Å². The van der Waals surface area contributed by atoms with Crippen LogP contribution in [0.5, 0.6) is 5.75 Å². The number of ketones is 1. The monoisotopic (exact) mass is 341 g/mol. The number of carbonyl (C=O) groups is 2. The second-order valence-corrected chi connectivity index (χ2v) is 5.75. The summed E-state index contributed by atoms with van der Waals surface area (Å²) in [7, 11) is 1.56. The van der Waals surface area contributed by atoms with Crippen molar-refractivity contribution in [2.75, 3.05) is 13.7 Å². The molecule has 0 unspecified atom stereocenters. The first kappa shape index (κ1) is 17.0.